The first-order valence-electron chi connectivity index (χ1n) is 6.96. The Kier molecular flexibility index (Phi) is 3.89. The lowest BCUT2D eigenvalue weighted by molar-refractivity contribution is -0.127. The van der Waals surface area contributed by atoms with Crippen molar-refractivity contribution in [2.45, 2.75) is 19.4 Å². The second-order valence-corrected chi connectivity index (χ2v) is 6.17. The summed E-state index contributed by atoms with van der Waals surface area (Å²) in [6.45, 7) is 1.87. The molecule has 6 nitrogen and oxygen atoms in total. The molecule has 3 heterocycles. The van der Waals surface area contributed by atoms with E-state index in [1.807, 2.05) is 25.1 Å². The second kappa shape index (κ2) is 5.84. The molecule has 0 unspecified atom stereocenters. The minimum absolute atomic E-state index is 0.0329. The number of anilines is 1. The summed E-state index contributed by atoms with van der Waals surface area (Å²) in [5, 5.41) is 3.57. The number of nitrogens with zero attached hydrogens (tertiary/aromatic N) is 3. The van der Waals surface area contributed by atoms with Crippen LogP contribution in [0.25, 0.3) is 0 Å². The minimum Gasteiger partial charge on any atom is -0.338 e. The first-order valence-corrected chi connectivity index (χ1v) is 7.73. The number of carbonyl (C=O) groups is 2. The standard InChI is InChI=1S/C15H16N4O2S/c1-9-6-12(22-18-9)17-15(21)11-7-13(20)19(2)14(11)10-4-3-5-16-8-10/h3-6,8,11,14H,7H2,1-2H3,(H,17,21)/t11-,14+/m1/s1. The van der Waals surface area contributed by atoms with Crippen molar-refractivity contribution in [3.63, 3.8) is 0 Å². The highest BCUT2D eigenvalue weighted by Gasteiger charge is 2.42. The molecule has 1 N–H and O–H groups in total. The summed E-state index contributed by atoms with van der Waals surface area (Å²) in [6, 6.07) is 5.25. The van der Waals surface area contributed by atoms with E-state index in [1.54, 1.807) is 24.3 Å². The summed E-state index contributed by atoms with van der Waals surface area (Å²) in [7, 11) is 1.73. The molecule has 1 saturated heterocycles. The summed E-state index contributed by atoms with van der Waals surface area (Å²) in [5.74, 6) is -0.617. The molecular formula is C15H16N4O2S. The van der Waals surface area contributed by atoms with Gasteiger partial charge in [-0.25, -0.2) is 0 Å². The predicted octanol–water partition coefficient (Wildman–Crippen LogP) is 2.00. The first kappa shape index (κ1) is 14.6. The van der Waals surface area contributed by atoms with Gasteiger partial charge < -0.3 is 10.2 Å². The Hall–Kier alpha value is -2.28. The van der Waals surface area contributed by atoms with Crippen LogP contribution in [0, 0.1) is 12.8 Å². The summed E-state index contributed by atoms with van der Waals surface area (Å²) in [5.41, 5.74) is 1.74. The summed E-state index contributed by atoms with van der Waals surface area (Å²) >= 11 is 1.24. The number of hydrogen-bond acceptors (Lipinski definition) is 5. The van der Waals surface area contributed by atoms with Gasteiger partial charge in [0.1, 0.15) is 5.00 Å². The molecule has 3 rings (SSSR count). The molecular weight excluding hydrogens is 300 g/mol. The molecule has 22 heavy (non-hydrogen) atoms. The van der Waals surface area contributed by atoms with Crippen molar-refractivity contribution in [2.24, 2.45) is 5.92 Å². The highest BCUT2D eigenvalue weighted by molar-refractivity contribution is 7.10. The van der Waals surface area contributed by atoms with E-state index in [1.165, 1.54) is 11.5 Å². The molecule has 2 atom stereocenters. The maximum atomic E-state index is 12.6. The van der Waals surface area contributed by atoms with E-state index in [0.29, 0.717) is 5.00 Å². The Balaban J connectivity index is 1.84. The van der Waals surface area contributed by atoms with Gasteiger partial charge in [0.25, 0.3) is 0 Å². The summed E-state index contributed by atoms with van der Waals surface area (Å²) in [6.07, 6.45) is 3.59. The molecule has 1 aliphatic heterocycles. The highest BCUT2D eigenvalue weighted by atomic mass is 32.1. The maximum Gasteiger partial charge on any atom is 0.231 e. The normalized spacial score (nSPS) is 21.2. The zero-order valence-electron chi connectivity index (χ0n) is 12.3. The lowest BCUT2D eigenvalue weighted by Crippen LogP contribution is -2.29. The van der Waals surface area contributed by atoms with Crippen LogP contribution in [0.15, 0.2) is 30.6 Å². The van der Waals surface area contributed by atoms with E-state index in [9.17, 15) is 9.59 Å². The number of pyridine rings is 1. The zero-order chi connectivity index (χ0) is 15.7. The monoisotopic (exact) mass is 316 g/mol. The van der Waals surface area contributed by atoms with E-state index in [-0.39, 0.29) is 24.3 Å². The molecule has 2 aromatic heterocycles. The van der Waals surface area contributed by atoms with Gasteiger partial charge in [-0.05, 0) is 36.2 Å². The molecule has 2 amide bonds. The van der Waals surface area contributed by atoms with Crippen LogP contribution in [-0.4, -0.2) is 33.1 Å². The minimum atomic E-state index is -0.427. The van der Waals surface area contributed by atoms with Crippen LogP contribution >= 0.6 is 11.5 Å². The van der Waals surface area contributed by atoms with Crippen LogP contribution in [0.5, 0.6) is 0 Å². The van der Waals surface area contributed by atoms with Gasteiger partial charge in [0.05, 0.1) is 17.7 Å². The van der Waals surface area contributed by atoms with E-state index in [2.05, 4.69) is 14.7 Å². The fraction of sp³-hybridized carbons (Fsp3) is 0.333. The number of aromatic nitrogens is 2. The number of amides is 2. The SMILES string of the molecule is Cc1cc(NC(=O)[C@@H]2CC(=O)N(C)[C@H]2c2cccnc2)sn1. The van der Waals surface area contributed by atoms with Gasteiger partial charge in [0.2, 0.25) is 11.8 Å². The number of hydrogen-bond donors (Lipinski definition) is 1. The van der Waals surface area contributed by atoms with Crippen LogP contribution in [0.3, 0.4) is 0 Å². The van der Waals surface area contributed by atoms with Crippen molar-refractivity contribution >= 4 is 28.3 Å². The molecule has 0 radical (unpaired) electrons. The average Bonchev–Trinajstić information content (AvgIpc) is 3.04. The molecule has 1 fully saturated rings. The van der Waals surface area contributed by atoms with Gasteiger partial charge in [0, 0.05) is 25.9 Å². The third kappa shape index (κ3) is 2.71. The molecule has 1 aliphatic rings. The summed E-state index contributed by atoms with van der Waals surface area (Å²) in [4.78, 5) is 30.3. The van der Waals surface area contributed by atoms with Gasteiger partial charge in [-0.1, -0.05) is 6.07 Å². The maximum absolute atomic E-state index is 12.6. The third-order valence-electron chi connectivity index (χ3n) is 3.82. The van der Waals surface area contributed by atoms with Crippen LogP contribution in [0.2, 0.25) is 0 Å². The second-order valence-electron chi connectivity index (χ2n) is 5.37. The van der Waals surface area contributed by atoms with Crippen LogP contribution < -0.4 is 5.32 Å². The van der Waals surface area contributed by atoms with Gasteiger partial charge in [-0.3, -0.25) is 14.6 Å². The Bertz CT molecular complexity index is 701. The largest absolute Gasteiger partial charge is 0.338 e. The van der Waals surface area contributed by atoms with Crippen molar-refractivity contribution < 1.29 is 9.59 Å². The molecule has 0 spiro atoms. The van der Waals surface area contributed by atoms with Crippen molar-refractivity contribution in [2.75, 3.05) is 12.4 Å². The molecule has 0 saturated carbocycles. The number of rotatable bonds is 3. The fourth-order valence-corrected chi connectivity index (χ4v) is 3.41. The number of carbonyl (C=O) groups excluding carboxylic acids is 2. The van der Waals surface area contributed by atoms with Gasteiger partial charge in [0.15, 0.2) is 0 Å². The molecule has 0 aromatic carbocycles. The van der Waals surface area contributed by atoms with E-state index >= 15 is 0 Å². The predicted molar refractivity (Wildman–Crippen MR) is 83.3 cm³/mol. The molecule has 114 valence electrons. The van der Waals surface area contributed by atoms with Crippen molar-refractivity contribution in [3.8, 4) is 0 Å². The quantitative estimate of drug-likeness (QED) is 0.940. The first-order chi connectivity index (χ1) is 10.6. The van der Waals surface area contributed by atoms with Crippen LogP contribution in [0.4, 0.5) is 5.00 Å². The summed E-state index contributed by atoms with van der Waals surface area (Å²) < 4.78 is 4.14. The van der Waals surface area contributed by atoms with E-state index < -0.39 is 5.92 Å². The lowest BCUT2D eigenvalue weighted by Gasteiger charge is -2.24. The van der Waals surface area contributed by atoms with Gasteiger partial charge >= 0.3 is 0 Å². The Labute approximate surface area is 132 Å². The third-order valence-corrected chi connectivity index (χ3v) is 4.62. The smallest absolute Gasteiger partial charge is 0.231 e. The number of likely N-dealkylation sites (tertiary alicyclic amines) is 1. The Morgan fingerprint density at radius 1 is 1.50 bits per heavy atom. The van der Waals surface area contributed by atoms with Crippen molar-refractivity contribution in [1.82, 2.24) is 14.3 Å². The fourth-order valence-electron chi connectivity index (χ4n) is 2.75. The zero-order valence-corrected chi connectivity index (χ0v) is 13.1. The number of nitrogens with one attached hydrogen (secondary N) is 1. The highest BCUT2D eigenvalue weighted by Crippen LogP contribution is 2.37. The molecule has 0 aliphatic carbocycles. The van der Waals surface area contributed by atoms with Gasteiger partial charge in [-0.15, -0.1) is 0 Å². The Morgan fingerprint density at radius 3 is 2.95 bits per heavy atom. The average molecular weight is 316 g/mol. The topological polar surface area (TPSA) is 75.2 Å². The molecule has 2 aromatic rings. The number of aryl methyl sites for hydroxylation is 1. The van der Waals surface area contributed by atoms with Crippen molar-refractivity contribution in [1.29, 1.82) is 0 Å². The molecule has 7 heteroatoms. The van der Waals surface area contributed by atoms with E-state index in [0.717, 1.165) is 11.3 Å². The Morgan fingerprint density at radius 2 is 2.32 bits per heavy atom. The van der Waals surface area contributed by atoms with Crippen molar-refractivity contribution in [3.05, 3.63) is 41.9 Å². The molecule has 0 bridgehead atoms. The van der Waals surface area contributed by atoms with Crippen LogP contribution in [-0.2, 0) is 9.59 Å². The van der Waals surface area contributed by atoms with Gasteiger partial charge in [-0.2, -0.15) is 4.37 Å². The lowest BCUT2D eigenvalue weighted by atomic mass is 9.94. The van der Waals surface area contributed by atoms with E-state index in [4.69, 9.17) is 0 Å². The van der Waals surface area contributed by atoms with Crippen LogP contribution in [0.1, 0.15) is 23.7 Å².